The molecule has 0 aliphatic rings. The van der Waals surface area contributed by atoms with Gasteiger partial charge in [-0.1, -0.05) is 0 Å². The second-order valence-corrected chi connectivity index (χ2v) is 2.83. The Morgan fingerprint density at radius 1 is 1.70 bits per heavy atom. The van der Waals surface area contributed by atoms with Crippen LogP contribution in [0.5, 0.6) is 0 Å². The summed E-state index contributed by atoms with van der Waals surface area (Å²) in [4.78, 5) is 8.36. The number of carbonyl (C=O) groups is 1. The number of carboxylic acids is 1. The first-order valence-corrected chi connectivity index (χ1v) is 3.22. The summed E-state index contributed by atoms with van der Waals surface area (Å²) in [7, 11) is 0. The van der Waals surface area contributed by atoms with Crippen LogP contribution in [0.3, 0.4) is 0 Å². The molecule has 0 fully saturated rings. The molecule has 0 aliphatic carbocycles. The minimum Gasteiger partial charge on any atom is -0.478 e. The summed E-state index contributed by atoms with van der Waals surface area (Å²) in [6.45, 7) is 1.27. The molecule has 0 aromatic heterocycles. The standard InChI is InChI=1S/C5H8O4S/c1-5(8,10-9)3-2-4(6)7/h2-3,8-9H,1H3,(H,6,7)/b3-2+. The summed E-state index contributed by atoms with van der Waals surface area (Å²) in [6, 6.07) is 0. The Balaban J connectivity index is 3.99. The molecule has 10 heavy (non-hydrogen) atoms. The zero-order chi connectivity index (χ0) is 8.20. The number of aliphatic hydroxyl groups is 1. The van der Waals surface area contributed by atoms with Crippen LogP contribution in [-0.4, -0.2) is 25.7 Å². The van der Waals surface area contributed by atoms with Crippen molar-refractivity contribution in [2.75, 3.05) is 0 Å². The lowest BCUT2D eigenvalue weighted by Crippen LogP contribution is -2.14. The highest BCUT2D eigenvalue weighted by atomic mass is 32.2. The summed E-state index contributed by atoms with van der Waals surface area (Å²) in [6.07, 6.45) is 1.75. The minimum absolute atomic E-state index is 0.174. The zero-order valence-electron chi connectivity index (χ0n) is 5.31. The van der Waals surface area contributed by atoms with Crippen LogP contribution in [0.4, 0.5) is 0 Å². The van der Waals surface area contributed by atoms with Gasteiger partial charge in [-0.15, -0.1) is 0 Å². The quantitative estimate of drug-likeness (QED) is 0.322. The van der Waals surface area contributed by atoms with Gasteiger partial charge < -0.3 is 14.8 Å². The van der Waals surface area contributed by atoms with Crippen molar-refractivity contribution in [1.29, 1.82) is 0 Å². The summed E-state index contributed by atoms with van der Waals surface area (Å²) >= 11 is 0.174. The first kappa shape index (κ1) is 9.48. The highest BCUT2D eigenvalue weighted by molar-refractivity contribution is 7.95. The van der Waals surface area contributed by atoms with E-state index in [1.165, 1.54) is 6.92 Å². The monoisotopic (exact) mass is 164 g/mol. The lowest BCUT2D eigenvalue weighted by Gasteiger charge is -2.11. The van der Waals surface area contributed by atoms with E-state index in [0.717, 1.165) is 12.2 Å². The maximum Gasteiger partial charge on any atom is 0.328 e. The van der Waals surface area contributed by atoms with E-state index in [4.69, 9.17) is 14.8 Å². The number of rotatable bonds is 3. The largest absolute Gasteiger partial charge is 0.478 e. The molecule has 1 unspecified atom stereocenters. The van der Waals surface area contributed by atoms with Crippen molar-refractivity contribution in [3.63, 3.8) is 0 Å². The third-order valence-electron chi connectivity index (χ3n) is 0.720. The highest BCUT2D eigenvalue weighted by Gasteiger charge is 2.15. The van der Waals surface area contributed by atoms with E-state index in [1.54, 1.807) is 0 Å². The summed E-state index contributed by atoms with van der Waals surface area (Å²) in [5, 5.41) is 17.0. The fourth-order valence-corrected chi connectivity index (χ4v) is 0.385. The molecule has 0 radical (unpaired) electrons. The van der Waals surface area contributed by atoms with E-state index < -0.39 is 10.9 Å². The summed E-state index contributed by atoms with van der Waals surface area (Å²) in [5.41, 5.74) is 0. The van der Waals surface area contributed by atoms with Crippen LogP contribution in [0.2, 0.25) is 0 Å². The molecule has 58 valence electrons. The molecule has 0 aromatic carbocycles. The van der Waals surface area contributed by atoms with Gasteiger partial charge in [0.25, 0.3) is 0 Å². The Morgan fingerprint density at radius 2 is 2.20 bits per heavy atom. The SMILES string of the molecule is CC(O)(/C=C/C(=O)O)SO. The van der Waals surface area contributed by atoms with Crippen molar-refractivity contribution in [1.82, 2.24) is 0 Å². The second kappa shape index (κ2) is 3.60. The van der Waals surface area contributed by atoms with Gasteiger partial charge in [-0.2, -0.15) is 0 Å². The van der Waals surface area contributed by atoms with Crippen molar-refractivity contribution in [2.45, 2.75) is 11.9 Å². The molecule has 4 nitrogen and oxygen atoms in total. The molecule has 0 amide bonds. The van der Waals surface area contributed by atoms with E-state index in [-0.39, 0.29) is 12.0 Å². The fourth-order valence-electron chi connectivity index (χ4n) is 0.256. The number of hydrogen-bond acceptors (Lipinski definition) is 4. The molecule has 5 heteroatoms. The predicted octanol–water partition coefficient (Wildman–Crippen LogP) is 0.542. The number of carboxylic acid groups (broad SMARTS) is 1. The van der Waals surface area contributed by atoms with E-state index in [0.29, 0.717) is 0 Å². The minimum atomic E-state index is -1.52. The maximum absolute atomic E-state index is 9.87. The second-order valence-electron chi connectivity index (χ2n) is 1.82. The Kier molecular flexibility index (Phi) is 3.41. The molecule has 0 aromatic rings. The van der Waals surface area contributed by atoms with Gasteiger partial charge in [0.1, 0.15) is 0 Å². The topological polar surface area (TPSA) is 77.8 Å². The Bertz CT molecular complexity index is 152. The van der Waals surface area contributed by atoms with E-state index in [9.17, 15) is 4.79 Å². The lowest BCUT2D eigenvalue weighted by atomic mass is 10.3. The summed E-state index contributed by atoms with van der Waals surface area (Å²) < 4.78 is 8.33. The van der Waals surface area contributed by atoms with E-state index in [1.807, 2.05) is 0 Å². The molecule has 0 heterocycles. The molecule has 1 atom stereocenters. The maximum atomic E-state index is 9.87. The van der Waals surface area contributed by atoms with Gasteiger partial charge in [0.05, 0.1) is 0 Å². The van der Waals surface area contributed by atoms with Crippen LogP contribution in [0.25, 0.3) is 0 Å². The number of hydrogen-bond donors (Lipinski definition) is 3. The van der Waals surface area contributed by atoms with Crippen molar-refractivity contribution in [3.8, 4) is 0 Å². The Labute approximate surface area is 62.4 Å². The van der Waals surface area contributed by atoms with Crippen LogP contribution < -0.4 is 0 Å². The zero-order valence-corrected chi connectivity index (χ0v) is 6.13. The molecule has 0 bridgehead atoms. The Hall–Kier alpha value is -0.520. The van der Waals surface area contributed by atoms with Crippen molar-refractivity contribution >= 4 is 18.0 Å². The van der Waals surface area contributed by atoms with Crippen molar-refractivity contribution in [3.05, 3.63) is 12.2 Å². The fraction of sp³-hybridized carbons (Fsp3) is 0.400. The molecular formula is C5H8O4S. The smallest absolute Gasteiger partial charge is 0.328 e. The van der Waals surface area contributed by atoms with Crippen LogP contribution in [0.1, 0.15) is 6.92 Å². The van der Waals surface area contributed by atoms with E-state index in [2.05, 4.69) is 0 Å². The lowest BCUT2D eigenvalue weighted by molar-refractivity contribution is -0.131. The third kappa shape index (κ3) is 4.37. The normalized spacial score (nSPS) is 17.1. The first-order valence-electron chi connectivity index (χ1n) is 2.45. The average Bonchev–Trinajstić information content (AvgIpc) is 1.85. The van der Waals surface area contributed by atoms with Gasteiger partial charge in [0.15, 0.2) is 4.93 Å². The molecule has 0 saturated heterocycles. The van der Waals surface area contributed by atoms with Gasteiger partial charge in [0, 0.05) is 18.1 Å². The van der Waals surface area contributed by atoms with Gasteiger partial charge in [-0.05, 0) is 13.0 Å². The molecule has 0 aliphatic heterocycles. The van der Waals surface area contributed by atoms with Crippen molar-refractivity contribution < 1.29 is 19.6 Å². The van der Waals surface area contributed by atoms with Crippen LogP contribution in [-0.2, 0) is 4.79 Å². The molecular weight excluding hydrogens is 156 g/mol. The Morgan fingerprint density at radius 3 is 2.50 bits per heavy atom. The van der Waals surface area contributed by atoms with E-state index >= 15 is 0 Å². The predicted molar refractivity (Wildman–Crippen MR) is 37.6 cm³/mol. The molecule has 0 spiro atoms. The third-order valence-corrected chi connectivity index (χ3v) is 1.23. The van der Waals surface area contributed by atoms with Crippen LogP contribution in [0.15, 0.2) is 12.2 Å². The van der Waals surface area contributed by atoms with Crippen LogP contribution >= 0.6 is 12.0 Å². The van der Waals surface area contributed by atoms with Gasteiger partial charge >= 0.3 is 5.97 Å². The molecule has 3 N–H and O–H groups in total. The van der Waals surface area contributed by atoms with Crippen molar-refractivity contribution in [2.24, 2.45) is 0 Å². The van der Waals surface area contributed by atoms with Gasteiger partial charge in [0.2, 0.25) is 0 Å². The number of aliphatic carboxylic acids is 1. The van der Waals surface area contributed by atoms with Crippen LogP contribution in [0, 0.1) is 0 Å². The first-order chi connectivity index (χ1) is 4.48. The molecule has 0 saturated carbocycles. The summed E-state index contributed by atoms with van der Waals surface area (Å²) in [5.74, 6) is -1.16. The van der Waals surface area contributed by atoms with Gasteiger partial charge in [-0.25, -0.2) is 4.79 Å². The molecule has 0 rings (SSSR count). The highest BCUT2D eigenvalue weighted by Crippen LogP contribution is 2.18. The van der Waals surface area contributed by atoms with Gasteiger partial charge in [-0.3, -0.25) is 0 Å². The average molecular weight is 164 g/mol.